The topological polar surface area (TPSA) is 32.8 Å². The van der Waals surface area contributed by atoms with Crippen molar-refractivity contribution in [3.8, 4) is 0 Å². The SMILES string of the molecule is O=C1c2ccc(Br)cc2CN1CCN1CCOCC1. The third kappa shape index (κ3) is 2.83. The summed E-state index contributed by atoms with van der Waals surface area (Å²) in [7, 11) is 0. The van der Waals surface area contributed by atoms with Crippen molar-refractivity contribution in [2.24, 2.45) is 0 Å². The number of morpholine rings is 1. The van der Waals surface area contributed by atoms with Crippen molar-refractivity contribution in [1.82, 2.24) is 9.80 Å². The Morgan fingerprint density at radius 2 is 2.00 bits per heavy atom. The summed E-state index contributed by atoms with van der Waals surface area (Å²) in [6.45, 7) is 6.02. The lowest BCUT2D eigenvalue weighted by Crippen LogP contribution is -2.41. The molecule has 4 nitrogen and oxygen atoms in total. The summed E-state index contributed by atoms with van der Waals surface area (Å²) in [5, 5.41) is 0. The number of ether oxygens (including phenoxy) is 1. The number of halogens is 1. The molecule has 5 heteroatoms. The zero-order valence-corrected chi connectivity index (χ0v) is 12.4. The van der Waals surface area contributed by atoms with E-state index in [0.717, 1.165) is 61.5 Å². The fourth-order valence-electron chi connectivity index (χ4n) is 2.62. The third-order valence-corrected chi connectivity index (χ3v) is 4.23. The fraction of sp³-hybridized carbons (Fsp3) is 0.500. The zero-order valence-electron chi connectivity index (χ0n) is 10.8. The predicted molar refractivity (Wildman–Crippen MR) is 76.1 cm³/mol. The molecule has 19 heavy (non-hydrogen) atoms. The number of fused-ring (bicyclic) bond motifs is 1. The van der Waals surface area contributed by atoms with Crippen LogP contribution in [0, 0.1) is 0 Å². The molecule has 0 radical (unpaired) electrons. The van der Waals surface area contributed by atoms with E-state index in [9.17, 15) is 4.79 Å². The Morgan fingerprint density at radius 3 is 2.79 bits per heavy atom. The van der Waals surface area contributed by atoms with Crippen molar-refractivity contribution in [3.05, 3.63) is 33.8 Å². The lowest BCUT2D eigenvalue weighted by atomic mass is 10.1. The molecule has 2 aliphatic rings. The molecule has 1 aromatic rings. The minimum Gasteiger partial charge on any atom is -0.379 e. The molecule has 0 unspecified atom stereocenters. The summed E-state index contributed by atoms with van der Waals surface area (Å²) in [5.41, 5.74) is 1.98. The smallest absolute Gasteiger partial charge is 0.254 e. The van der Waals surface area contributed by atoms with Crippen LogP contribution in [0.1, 0.15) is 15.9 Å². The highest BCUT2D eigenvalue weighted by Crippen LogP contribution is 2.25. The van der Waals surface area contributed by atoms with Crippen molar-refractivity contribution < 1.29 is 9.53 Å². The van der Waals surface area contributed by atoms with E-state index in [-0.39, 0.29) is 5.91 Å². The highest BCUT2D eigenvalue weighted by atomic mass is 79.9. The van der Waals surface area contributed by atoms with Crippen LogP contribution in [-0.2, 0) is 11.3 Å². The number of hydrogen-bond donors (Lipinski definition) is 0. The van der Waals surface area contributed by atoms with E-state index in [1.54, 1.807) is 0 Å². The van der Waals surface area contributed by atoms with Gasteiger partial charge < -0.3 is 9.64 Å². The van der Waals surface area contributed by atoms with Crippen LogP contribution in [0.15, 0.2) is 22.7 Å². The summed E-state index contributed by atoms with van der Waals surface area (Å²) in [6, 6.07) is 5.89. The van der Waals surface area contributed by atoms with Gasteiger partial charge in [0.25, 0.3) is 5.91 Å². The van der Waals surface area contributed by atoms with Crippen LogP contribution in [0.2, 0.25) is 0 Å². The monoisotopic (exact) mass is 324 g/mol. The first-order valence-electron chi connectivity index (χ1n) is 6.62. The molecule has 3 rings (SSSR count). The van der Waals surface area contributed by atoms with E-state index in [0.29, 0.717) is 0 Å². The van der Waals surface area contributed by atoms with Crippen molar-refractivity contribution >= 4 is 21.8 Å². The maximum atomic E-state index is 12.2. The van der Waals surface area contributed by atoms with E-state index in [1.807, 2.05) is 23.1 Å². The summed E-state index contributed by atoms with van der Waals surface area (Å²) in [4.78, 5) is 16.5. The van der Waals surface area contributed by atoms with Crippen molar-refractivity contribution in [3.63, 3.8) is 0 Å². The predicted octanol–water partition coefficient (Wildman–Crippen LogP) is 1.74. The molecule has 0 atom stereocenters. The average Bonchev–Trinajstić information content (AvgIpc) is 2.74. The molecule has 1 amide bonds. The highest BCUT2D eigenvalue weighted by Gasteiger charge is 2.27. The Kier molecular flexibility index (Phi) is 3.86. The van der Waals surface area contributed by atoms with Crippen molar-refractivity contribution in [2.45, 2.75) is 6.54 Å². The molecule has 0 spiro atoms. The van der Waals surface area contributed by atoms with Gasteiger partial charge in [-0.2, -0.15) is 0 Å². The first-order chi connectivity index (χ1) is 9.24. The number of rotatable bonds is 3. The molecule has 2 heterocycles. The summed E-state index contributed by atoms with van der Waals surface area (Å²) in [5.74, 6) is 0.163. The van der Waals surface area contributed by atoms with Gasteiger partial charge in [0.15, 0.2) is 0 Å². The summed E-state index contributed by atoms with van der Waals surface area (Å²) < 4.78 is 6.37. The first kappa shape index (κ1) is 13.1. The van der Waals surface area contributed by atoms with Gasteiger partial charge in [-0.15, -0.1) is 0 Å². The van der Waals surface area contributed by atoms with Gasteiger partial charge in [0.05, 0.1) is 13.2 Å². The number of nitrogens with zero attached hydrogens (tertiary/aromatic N) is 2. The number of benzene rings is 1. The molecule has 0 bridgehead atoms. The summed E-state index contributed by atoms with van der Waals surface area (Å²) >= 11 is 3.45. The van der Waals surface area contributed by atoms with Crippen molar-refractivity contribution in [1.29, 1.82) is 0 Å². The van der Waals surface area contributed by atoms with E-state index in [4.69, 9.17) is 4.74 Å². The normalized spacial score (nSPS) is 19.8. The Labute approximate surface area is 121 Å². The number of amides is 1. The Balaban J connectivity index is 1.60. The van der Waals surface area contributed by atoms with Gasteiger partial charge in [0, 0.05) is 42.8 Å². The first-order valence-corrected chi connectivity index (χ1v) is 7.41. The number of hydrogen-bond acceptors (Lipinski definition) is 3. The molecule has 0 aliphatic carbocycles. The minimum atomic E-state index is 0.163. The van der Waals surface area contributed by atoms with E-state index >= 15 is 0 Å². The molecule has 102 valence electrons. The van der Waals surface area contributed by atoms with E-state index < -0.39 is 0 Å². The second-order valence-electron chi connectivity index (χ2n) is 4.98. The average molecular weight is 325 g/mol. The van der Waals surface area contributed by atoms with Gasteiger partial charge in [-0.1, -0.05) is 15.9 Å². The molecule has 1 saturated heterocycles. The van der Waals surface area contributed by atoms with Crippen LogP contribution in [0.3, 0.4) is 0 Å². The van der Waals surface area contributed by atoms with Gasteiger partial charge >= 0.3 is 0 Å². The Morgan fingerprint density at radius 1 is 1.21 bits per heavy atom. The van der Waals surface area contributed by atoms with Gasteiger partial charge in [-0.05, 0) is 23.8 Å². The van der Waals surface area contributed by atoms with Crippen LogP contribution in [0.25, 0.3) is 0 Å². The molecule has 1 aromatic carbocycles. The molecule has 1 fully saturated rings. The quantitative estimate of drug-likeness (QED) is 0.849. The van der Waals surface area contributed by atoms with Gasteiger partial charge in [0.1, 0.15) is 0 Å². The zero-order chi connectivity index (χ0) is 13.2. The van der Waals surface area contributed by atoms with Crippen LogP contribution in [-0.4, -0.2) is 55.1 Å². The highest BCUT2D eigenvalue weighted by molar-refractivity contribution is 9.10. The molecular weight excluding hydrogens is 308 g/mol. The second kappa shape index (κ2) is 5.61. The Hall–Kier alpha value is -0.910. The maximum absolute atomic E-state index is 12.2. The number of carbonyl (C=O) groups excluding carboxylic acids is 1. The molecule has 0 N–H and O–H groups in total. The number of carbonyl (C=O) groups is 1. The maximum Gasteiger partial charge on any atom is 0.254 e. The van der Waals surface area contributed by atoms with Gasteiger partial charge in [0.2, 0.25) is 0 Å². The van der Waals surface area contributed by atoms with Gasteiger partial charge in [-0.25, -0.2) is 0 Å². The standard InChI is InChI=1S/C14H17BrN2O2/c15-12-1-2-13-11(9-12)10-17(14(13)18)4-3-16-5-7-19-8-6-16/h1-2,9H,3-8,10H2. The summed E-state index contributed by atoms with van der Waals surface area (Å²) in [6.07, 6.45) is 0. The molecule has 2 aliphatic heterocycles. The largest absolute Gasteiger partial charge is 0.379 e. The molecule has 0 saturated carbocycles. The lowest BCUT2D eigenvalue weighted by molar-refractivity contribution is 0.0327. The van der Waals surface area contributed by atoms with Crippen LogP contribution in [0.5, 0.6) is 0 Å². The second-order valence-corrected chi connectivity index (χ2v) is 5.90. The lowest BCUT2D eigenvalue weighted by Gasteiger charge is -2.28. The Bertz CT molecular complexity index is 486. The van der Waals surface area contributed by atoms with E-state index in [2.05, 4.69) is 20.8 Å². The third-order valence-electron chi connectivity index (χ3n) is 3.74. The van der Waals surface area contributed by atoms with Crippen LogP contribution in [0.4, 0.5) is 0 Å². The van der Waals surface area contributed by atoms with Crippen molar-refractivity contribution in [2.75, 3.05) is 39.4 Å². The fourth-order valence-corrected chi connectivity index (χ4v) is 3.03. The molecule has 0 aromatic heterocycles. The van der Waals surface area contributed by atoms with E-state index in [1.165, 1.54) is 0 Å². The molecular formula is C14H17BrN2O2. The van der Waals surface area contributed by atoms with Crippen LogP contribution >= 0.6 is 15.9 Å². The van der Waals surface area contributed by atoms with Crippen LogP contribution < -0.4 is 0 Å². The van der Waals surface area contributed by atoms with Gasteiger partial charge in [-0.3, -0.25) is 9.69 Å². The minimum absolute atomic E-state index is 0.163.